The van der Waals surface area contributed by atoms with E-state index in [9.17, 15) is 10.1 Å². The third kappa shape index (κ3) is 3.65. The van der Waals surface area contributed by atoms with E-state index in [0.717, 1.165) is 10.2 Å². The molecule has 0 N–H and O–H groups in total. The molecule has 2 aromatic rings. The van der Waals surface area contributed by atoms with Crippen molar-refractivity contribution in [2.75, 3.05) is 0 Å². The number of aromatic nitrogens is 1. The van der Waals surface area contributed by atoms with E-state index < -0.39 is 4.92 Å². The van der Waals surface area contributed by atoms with Crippen LogP contribution in [0.4, 0.5) is 5.69 Å². The molecule has 0 spiro atoms. The first-order chi connectivity index (χ1) is 9.06. The number of hydrogen-bond donors (Lipinski definition) is 0. The molecule has 98 valence electrons. The van der Waals surface area contributed by atoms with Gasteiger partial charge in [-0.05, 0) is 34.1 Å². The second-order valence-electron chi connectivity index (χ2n) is 3.63. The van der Waals surface area contributed by atoms with Crippen LogP contribution in [-0.4, -0.2) is 9.91 Å². The predicted molar refractivity (Wildman–Crippen MR) is 74.4 cm³/mol. The van der Waals surface area contributed by atoms with E-state index in [4.69, 9.17) is 16.3 Å². The van der Waals surface area contributed by atoms with Gasteiger partial charge in [0.25, 0.3) is 5.69 Å². The fourth-order valence-electron chi connectivity index (χ4n) is 1.37. The van der Waals surface area contributed by atoms with Crippen LogP contribution in [0.3, 0.4) is 0 Å². The second kappa shape index (κ2) is 5.99. The minimum absolute atomic E-state index is 0.0475. The van der Waals surface area contributed by atoms with Crippen molar-refractivity contribution in [1.82, 2.24) is 4.98 Å². The van der Waals surface area contributed by atoms with Gasteiger partial charge in [-0.2, -0.15) is 0 Å². The summed E-state index contributed by atoms with van der Waals surface area (Å²) in [6.07, 6.45) is 1.67. The Morgan fingerprint density at radius 1 is 1.37 bits per heavy atom. The first-order valence-electron chi connectivity index (χ1n) is 5.23. The quantitative estimate of drug-likeness (QED) is 0.622. The molecular formula is C12H8BrClN2O3. The summed E-state index contributed by atoms with van der Waals surface area (Å²) >= 11 is 9.07. The van der Waals surface area contributed by atoms with Gasteiger partial charge in [-0.3, -0.25) is 15.1 Å². The molecule has 1 heterocycles. The molecule has 7 heteroatoms. The van der Waals surface area contributed by atoms with Crippen LogP contribution in [0.15, 0.2) is 41.0 Å². The standard InChI is InChI=1S/C12H8BrClN2O3/c13-8-1-2-9(15-6-8)7-19-10-3-4-12(16(17)18)11(14)5-10/h1-6H,7H2. The summed E-state index contributed by atoms with van der Waals surface area (Å²) in [6, 6.07) is 7.90. The molecule has 0 saturated heterocycles. The van der Waals surface area contributed by atoms with Crippen LogP contribution in [0.2, 0.25) is 5.02 Å². The van der Waals surface area contributed by atoms with Crippen molar-refractivity contribution in [3.05, 3.63) is 61.8 Å². The van der Waals surface area contributed by atoms with E-state index in [0.29, 0.717) is 5.75 Å². The number of nitro benzene ring substituents is 1. The topological polar surface area (TPSA) is 65.3 Å². The Bertz CT molecular complexity index is 604. The number of rotatable bonds is 4. The Hall–Kier alpha value is -1.66. The van der Waals surface area contributed by atoms with E-state index >= 15 is 0 Å². The summed E-state index contributed by atoms with van der Waals surface area (Å²) < 4.78 is 6.35. The van der Waals surface area contributed by atoms with Crippen molar-refractivity contribution in [3.63, 3.8) is 0 Å². The number of nitrogens with zero attached hydrogens (tertiary/aromatic N) is 2. The second-order valence-corrected chi connectivity index (χ2v) is 4.95. The summed E-state index contributed by atoms with van der Waals surface area (Å²) in [7, 11) is 0. The predicted octanol–water partition coefficient (Wildman–Crippen LogP) is 3.98. The van der Waals surface area contributed by atoms with Crippen LogP contribution >= 0.6 is 27.5 Å². The van der Waals surface area contributed by atoms with Gasteiger partial charge in [0.05, 0.1) is 10.6 Å². The van der Waals surface area contributed by atoms with Crippen molar-refractivity contribution >= 4 is 33.2 Å². The number of ether oxygens (including phenoxy) is 1. The lowest BCUT2D eigenvalue weighted by Crippen LogP contribution is -1.98. The molecule has 0 bridgehead atoms. The summed E-state index contributed by atoms with van der Waals surface area (Å²) in [5, 5.41) is 10.7. The van der Waals surface area contributed by atoms with Gasteiger partial charge in [0, 0.05) is 22.8 Å². The first-order valence-corrected chi connectivity index (χ1v) is 6.40. The summed E-state index contributed by atoms with van der Waals surface area (Å²) in [4.78, 5) is 14.2. The van der Waals surface area contributed by atoms with Crippen LogP contribution in [0.1, 0.15) is 5.69 Å². The zero-order chi connectivity index (χ0) is 13.8. The maximum Gasteiger partial charge on any atom is 0.288 e. The number of nitro groups is 1. The third-order valence-corrected chi connectivity index (χ3v) is 3.06. The van der Waals surface area contributed by atoms with E-state index in [1.807, 2.05) is 12.1 Å². The van der Waals surface area contributed by atoms with Gasteiger partial charge in [0.1, 0.15) is 17.4 Å². The van der Waals surface area contributed by atoms with Crippen LogP contribution in [-0.2, 0) is 6.61 Å². The molecule has 0 aliphatic heterocycles. The van der Waals surface area contributed by atoms with Crippen LogP contribution in [0, 0.1) is 10.1 Å². The molecule has 0 saturated carbocycles. The fourth-order valence-corrected chi connectivity index (χ4v) is 1.85. The highest BCUT2D eigenvalue weighted by Crippen LogP contribution is 2.28. The molecule has 0 radical (unpaired) electrons. The number of halogens is 2. The Kier molecular flexibility index (Phi) is 4.34. The van der Waals surface area contributed by atoms with E-state index in [-0.39, 0.29) is 17.3 Å². The van der Waals surface area contributed by atoms with Crippen LogP contribution in [0.5, 0.6) is 5.75 Å². The highest BCUT2D eigenvalue weighted by atomic mass is 79.9. The minimum atomic E-state index is -0.539. The maximum absolute atomic E-state index is 10.6. The molecule has 1 aromatic carbocycles. The average molecular weight is 344 g/mol. The smallest absolute Gasteiger partial charge is 0.288 e. The molecule has 5 nitrogen and oxygen atoms in total. The zero-order valence-corrected chi connectivity index (χ0v) is 11.9. The van der Waals surface area contributed by atoms with Crippen molar-refractivity contribution in [1.29, 1.82) is 0 Å². The SMILES string of the molecule is O=[N+]([O-])c1ccc(OCc2ccc(Br)cn2)cc1Cl. The maximum atomic E-state index is 10.6. The molecule has 1 aromatic heterocycles. The first kappa shape index (κ1) is 13.8. The Balaban J connectivity index is 2.06. The van der Waals surface area contributed by atoms with Gasteiger partial charge >= 0.3 is 0 Å². The normalized spacial score (nSPS) is 10.2. The molecule has 0 aliphatic carbocycles. The van der Waals surface area contributed by atoms with Gasteiger partial charge in [-0.1, -0.05) is 11.6 Å². The highest BCUT2D eigenvalue weighted by molar-refractivity contribution is 9.10. The van der Waals surface area contributed by atoms with Crippen molar-refractivity contribution in [2.45, 2.75) is 6.61 Å². The van der Waals surface area contributed by atoms with E-state index in [2.05, 4.69) is 20.9 Å². The largest absolute Gasteiger partial charge is 0.487 e. The lowest BCUT2D eigenvalue weighted by atomic mass is 10.3. The summed E-state index contributed by atoms with van der Waals surface area (Å²) in [5.74, 6) is 0.459. The Morgan fingerprint density at radius 3 is 2.74 bits per heavy atom. The number of hydrogen-bond acceptors (Lipinski definition) is 4. The van der Waals surface area contributed by atoms with E-state index in [1.165, 1.54) is 18.2 Å². The molecule has 2 rings (SSSR count). The Labute approximate surface area is 122 Å². The number of pyridine rings is 1. The van der Waals surface area contributed by atoms with Gasteiger partial charge in [-0.15, -0.1) is 0 Å². The molecule has 0 unspecified atom stereocenters. The van der Waals surface area contributed by atoms with Crippen LogP contribution < -0.4 is 4.74 Å². The van der Waals surface area contributed by atoms with Crippen molar-refractivity contribution < 1.29 is 9.66 Å². The molecular weight excluding hydrogens is 336 g/mol. The molecule has 0 fully saturated rings. The lowest BCUT2D eigenvalue weighted by Gasteiger charge is -2.06. The monoisotopic (exact) mass is 342 g/mol. The minimum Gasteiger partial charge on any atom is -0.487 e. The molecule has 19 heavy (non-hydrogen) atoms. The number of benzene rings is 1. The van der Waals surface area contributed by atoms with Crippen molar-refractivity contribution in [2.24, 2.45) is 0 Å². The summed E-state index contributed by atoms with van der Waals surface area (Å²) in [5.41, 5.74) is 0.605. The van der Waals surface area contributed by atoms with Gasteiger partial charge < -0.3 is 4.74 Å². The van der Waals surface area contributed by atoms with Gasteiger partial charge in [0.2, 0.25) is 0 Å². The third-order valence-electron chi connectivity index (χ3n) is 2.29. The molecule has 0 aliphatic rings. The fraction of sp³-hybridized carbons (Fsp3) is 0.0833. The van der Waals surface area contributed by atoms with E-state index in [1.54, 1.807) is 6.20 Å². The molecule has 0 amide bonds. The zero-order valence-electron chi connectivity index (χ0n) is 9.55. The van der Waals surface area contributed by atoms with Gasteiger partial charge in [0.15, 0.2) is 0 Å². The van der Waals surface area contributed by atoms with Gasteiger partial charge in [-0.25, -0.2) is 0 Å². The molecule has 0 atom stereocenters. The summed E-state index contributed by atoms with van der Waals surface area (Å²) in [6.45, 7) is 0.265. The lowest BCUT2D eigenvalue weighted by molar-refractivity contribution is -0.384. The highest BCUT2D eigenvalue weighted by Gasteiger charge is 2.12. The van der Waals surface area contributed by atoms with Crippen molar-refractivity contribution in [3.8, 4) is 5.75 Å². The van der Waals surface area contributed by atoms with Crippen LogP contribution in [0.25, 0.3) is 0 Å². The Morgan fingerprint density at radius 2 is 2.16 bits per heavy atom. The average Bonchev–Trinajstić information content (AvgIpc) is 2.37.